The van der Waals surface area contributed by atoms with Crippen LogP contribution in [0.1, 0.15) is 43.7 Å². The maximum atomic E-state index is 14.3. The second-order valence-electron chi connectivity index (χ2n) is 11.2. The summed E-state index contributed by atoms with van der Waals surface area (Å²) in [6.07, 6.45) is 5.01. The van der Waals surface area contributed by atoms with Crippen LogP contribution in [0.5, 0.6) is 0 Å². The molecule has 2 amide bonds. The second kappa shape index (κ2) is 13.2. The number of hydrogen-bond acceptors (Lipinski definition) is 7. The zero-order valence-electron chi connectivity index (χ0n) is 24.4. The maximum absolute atomic E-state index is 14.3. The van der Waals surface area contributed by atoms with E-state index < -0.39 is 22.0 Å². The molecule has 11 nitrogen and oxygen atoms in total. The van der Waals surface area contributed by atoms with Crippen molar-refractivity contribution in [2.45, 2.75) is 55.6 Å². The predicted octanol–water partition coefficient (Wildman–Crippen LogP) is 3.68. The molecule has 1 N–H and O–H groups in total. The van der Waals surface area contributed by atoms with Crippen LogP contribution in [0.4, 0.5) is 5.69 Å². The summed E-state index contributed by atoms with van der Waals surface area (Å²) in [4.78, 5) is 30.0. The SMILES string of the molecule is O=C(NC1CCCCC1)[C@@H](c1ccccc1)N(C(=O)Cn1nnc2ccccc21)c1ccc(S(=O)(=O)N2CCOCC2)cc1. The molecule has 0 unspecified atom stereocenters. The Morgan fingerprint density at radius 2 is 1.59 bits per heavy atom. The van der Waals surface area contributed by atoms with Crippen molar-refractivity contribution in [2.75, 3.05) is 31.2 Å². The van der Waals surface area contributed by atoms with Gasteiger partial charge in [0.1, 0.15) is 18.1 Å². The average Bonchev–Trinajstić information content (AvgIpc) is 3.47. The standard InChI is InChI=1S/C32H36N6O5S/c39-30(23-37-29-14-8-7-13-28(29)34-35-37)38(26-15-17-27(18-16-26)44(41,42)36-19-21-43-22-20-36)31(24-9-3-1-4-10-24)32(40)33-25-11-5-2-6-12-25/h1,3-4,7-10,13-18,25,31H,2,5-6,11-12,19-23H2,(H,33,40)/t31-/m1/s1. The highest BCUT2D eigenvalue weighted by Gasteiger charge is 2.35. The summed E-state index contributed by atoms with van der Waals surface area (Å²) in [6, 6.07) is 21.7. The summed E-state index contributed by atoms with van der Waals surface area (Å²) >= 11 is 0. The second-order valence-corrected chi connectivity index (χ2v) is 13.1. The Labute approximate surface area is 256 Å². The highest BCUT2D eigenvalue weighted by Crippen LogP contribution is 2.31. The van der Waals surface area contributed by atoms with Crippen molar-refractivity contribution in [3.63, 3.8) is 0 Å². The highest BCUT2D eigenvalue weighted by molar-refractivity contribution is 7.89. The van der Waals surface area contributed by atoms with E-state index in [2.05, 4.69) is 15.6 Å². The number of hydrogen-bond donors (Lipinski definition) is 1. The molecule has 230 valence electrons. The number of rotatable bonds is 9. The van der Waals surface area contributed by atoms with Crippen molar-refractivity contribution in [3.8, 4) is 0 Å². The van der Waals surface area contributed by atoms with E-state index in [-0.39, 0.29) is 36.5 Å². The van der Waals surface area contributed by atoms with Gasteiger partial charge in [0, 0.05) is 24.8 Å². The largest absolute Gasteiger partial charge is 0.379 e. The third-order valence-corrected chi connectivity index (χ3v) is 10.2. The molecule has 1 aromatic heterocycles. The molecule has 0 radical (unpaired) electrons. The molecule has 1 atom stereocenters. The lowest BCUT2D eigenvalue weighted by atomic mass is 9.94. The smallest absolute Gasteiger partial charge is 0.249 e. The number of morpholine rings is 1. The summed E-state index contributed by atoms with van der Waals surface area (Å²) in [5.74, 6) is -0.679. The first kappa shape index (κ1) is 29.9. The number of amides is 2. The fourth-order valence-corrected chi connectivity index (χ4v) is 7.38. The number of anilines is 1. The normalized spacial score (nSPS) is 17.3. The van der Waals surface area contributed by atoms with Crippen LogP contribution in [0, 0.1) is 0 Å². The van der Waals surface area contributed by atoms with E-state index in [0.717, 1.165) is 32.1 Å². The lowest BCUT2D eigenvalue weighted by Crippen LogP contribution is -2.48. The van der Waals surface area contributed by atoms with Crippen molar-refractivity contribution in [1.29, 1.82) is 0 Å². The third-order valence-electron chi connectivity index (χ3n) is 8.27. The minimum absolute atomic E-state index is 0.0275. The molecule has 3 aromatic carbocycles. The number of para-hydroxylation sites is 1. The Kier molecular flexibility index (Phi) is 9.01. The highest BCUT2D eigenvalue weighted by atomic mass is 32.2. The summed E-state index contributed by atoms with van der Waals surface area (Å²) in [5.41, 5.74) is 2.38. The van der Waals surface area contributed by atoms with Gasteiger partial charge in [-0.05, 0) is 54.8 Å². The summed E-state index contributed by atoms with van der Waals surface area (Å²) < 4.78 is 34.9. The Morgan fingerprint density at radius 1 is 0.909 bits per heavy atom. The molecular formula is C32H36N6O5S. The first-order valence-electron chi connectivity index (χ1n) is 15.1. The summed E-state index contributed by atoms with van der Waals surface area (Å²) in [5, 5.41) is 11.6. The molecular weight excluding hydrogens is 580 g/mol. The van der Waals surface area contributed by atoms with Crippen LogP contribution in [0.15, 0.2) is 83.8 Å². The van der Waals surface area contributed by atoms with Crippen LogP contribution in [0.2, 0.25) is 0 Å². The minimum Gasteiger partial charge on any atom is -0.379 e. The molecule has 1 aliphatic carbocycles. The van der Waals surface area contributed by atoms with Gasteiger partial charge in [-0.15, -0.1) is 5.10 Å². The van der Waals surface area contributed by atoms with E-state index in [1.807, 2.05) is 54.6 Å². The number of carbonyl (C=O) groups is 2. The third kappa shape index (κ3) is 6.37. The molecule has 4 aromatic rings. The number of ether oxygens (including phenoxy) is 1. The van der Waals surface area contributed by atoms with Crippen LogP contribution in [-0.4, -0.2) is 71.9 Å². The van der Waals surface area contributed by atoms with Crippen LogP contribution in [-0.2, 0) is 30.9 Å². The zero-order chi connectivity index (χ0) is 30.5. The predicted molar refractivity (Wildman–Crippen MR) is 165 cm³/mol. The van der Waals surface area contributed by atoms with E-state index in [1.54, 1.807) is 12.1 Å². The number of nitrogens with zero attached hydrogens (tertiary/aromatic N) is 5. The van der Waals surface area contributed by atoms with Gasteiger partial charge >= 0.3 is 0 Å². The van der Waals surface area contributed by atoms with Crippen LogP contribution in [0.3, 0.4) is 0 Å². The lowest BCUT2D eigenvalue weighted by Gasteiger charge is -2.33. The van der Waals surface area contributed by atoms with Gasteiger partial charge in [0.15, 0.2) is 0 Å². The lowest BCUT2D eigenvalue weighted by molar-refractivity contribution is -0.127. The Bertz CT molecular complexity index is 1700. The molecule has 2 fully saturated rings. The number of sulfonamides is 1. The number of benzene rings is 3. The van der Waals surface area contributed by atoms with Crippen LogP contribution in [0.25, 0.3) is 11.0 Å². The minimum atomic E-state index is -3.75. The first-order valence-corrected chi connectivity index (χ1v) is 16.5. The Hall–Kier alpha value is -4.13. The van der Waals surface area contributed by atoms with Crippen molar-refractivity contribution < 1.29 is 22.7 Å². The van der Waals surface area contributed by atoms with Crippen molar-refractivity contribution in [3.05, 3.63) is 84.4 Å². The van der Waals surface area contributed by atoms with Gasteiger partial charge in [-0.2, -0.15) is 4.31 Å². The molecule has 0 bridgehead atoms. The quantitative estimate of drug-likeness (QED) is 0.304. The van der Waals surface area contributed by atoms with E-state index in [9.17, 15) is 18.0 Å². The fourth-order valence-electron chi connectivity index (χ4n) is 5.97. The van der Waals surface area contributed by atoms with E-state index in [1.165, 1.54) is 26.0 Å². The monoisotopic (exact) mass is 616 g/mol. The number of aromatic nitrogens is 3. The van der Waals surface area contributed by atoms with Crippen molar-refractivity contribution >= 4 is 38.6 Å². The van der Waals surface area contributed by atoms with Crippen LogP contribution < -0.4 is 10.2 Å². The Morgan fingerprint density at radius 3 is 2.32 bits per heavy atom. The topological polar surface area (TPSA) is 127 Å². The van der Waals surface area contributed by atoms with Gasteiger partial charge in [0.05, 0.1) is 23.6 Å². The molecule has 0 spiro atoms. The van der Waals surface area contributed by atoms with Gasteiger partial charge in [-0.25, -0.2) is 13.1 Å². The fraction of sp³-hybridized carbons (Fsp3) is 0.375. The van der Waals surface area contributed by atoms with Crippen molar-refractivity contribution in [2.24, 2.45) is 0 Å². The molecule has 6 rings (SSSR count). The zero-order valence-corrected chi connectivity index (χ0v) is 25.2. The molecule has 2 aliphatic rings. The van der Waals surface area contributed by atoms with E-state index in [4.69, 9.17) is 4.74 Å². The molecule has 1 aliphatic heterocycles. The average molecular weight is 617 g/mol. The van der Waals surface area contributed by atoms with Gasteiger partial charge in [0.2, 0.25) is 21.8 Å². The summed E-state index contributed by atoms with van der Waals surface area (Å²) in [7, 11) is -3.75. The molecule has 12 heteroatoms. The molecule has 1 saturated heterocycles. The van der Waals surface area contributed by atoms with Crippen molar-refractivity contribution in [1.82, 2.24) is 24.6 Å². The maximum Gasteiger partial charge on any atom is 0.249 e. The van der Waals surface area contributed by atoms with E-state index in [0.29, 0.717) is 35.5 Å². The molecule has 2 heterocycles. The number of nitrogens with one attached hydrogen (secondary N) is 1. The molecule has 44 heavy (non-hydrogen) atoms. The number of fused-ring (bicyclic) bond motifs is 1. The van der Waals surface area contributed by atoms with Gasteiger partial charge < -0.3 is 10.1 Å². The van der Waals surface area contributed by atoms with E-state index >= 15 is 0 Å². The number of carbonyl (C=O) groups excluding carboxylic acids is 2. The molecule has 1 saturated carbocycles. The van der Waals surface area contributed by atoms with Gasteiger partial charge in [-0.1, -0.05) is 66.9 Å². The summed E-state index contributed by atoms with van der Waals surface area (Å²) in [6.45, 7) is 1.06. The van der Waals surface area contributed by atoms with Gasteiger partial charge in [-0.3, -0.25) is 14.5 Å². The van der Waals surface area contributed by atoms with Crippen LogP contribution >= 0.6 is 0 Å². The Balaban J connectivity index is 1.39. The first-order chi connectivity index (χ1) is 21.4. The van der Waals surface area contributed by atoms with Gasteiger partial charge in [0.25, 0.3) is 0 Å².